The third kappa shape index (κ3) is 4.18. The smallest absolute Gasteiger partial charge is 0.237 e. The molecule has 1 aliphatic carbocycles. The fourth-order valence-electron chi connectivity index (χ4n) is 1.41. The standard InChI is InChI=1S/C11H22N2O2/c1-7(2)10(6-14)12-8(3)11(15)13-9-4-5-9/h7-10,12,14H,4-6H2,1-3H3,(H,13,15)/t8?,10-/m1/s1. The van der Waals surface area contributed by atoms with Crippen LogP contribution in [0.1, 0.15) is 33.6 Å². The molecule has 4 heteroatoms. The molecule has 0 aromatic carbocycles. The van der Waals surface area contributed by atoms with E-state index in [1.807, 2.05) is 20.8 Å². The molecule has 0 saturated heterocycles. The minimum Gasteiger partial charge on any atom is -0.395 e. The van der Waals surface area contributed by atoms with Crippen molar-refractivity contribution in [3.8, 4) is 0 Å². The average molecular weight is 214 g/mol. The van der Waals surface area contributed by atoms with E-state index in [4.69, 9.17) is 5.11 Å². The number of hydrogen-bond donors (Lipinski definition) is 3. The average Bonchev–Trinajstić information content (AvgIpc) is 2.96. The van der Waals surface area contributed by atoms with Gasteiger partial charge in [0.25, 0.3) is 0 Å². The fraction of sp³-hybridized carbons (Fsp3) is 0.909. The molecular weight excluding hydrogens is 192 g/mol. The van der Waals surface area contributed by atoms with Gasteiger partial charge in [-0.25, -0.2) is 0 Å². The lowest BCUT2D eigenvalue weighted by Gasteiger charge is -2.24. The van der Waals surface area contributed by atoms with E-state index >= 15 is 0 Å². The van der Waals surface area contributed by atoms with Crippen LogP contribution in [0.3, 0.4) is 0 Å². The molecule has 1 amide bonds. The first-order valence-corrected chi connectivity index (χ1v) is 5.72. The lowest BCUT2D eigenvalue weighted by Crippen LogP contribution is -2.50. The third-order valence-electron chi connectivity index (χ3n) is 2.78. The van der Waals surface area contributed by atoms with Crippen molar-refractivity contribution in [3.05, 3.63) is 0 Å². The van der Waals surface area contributed by atoms with Gasteiger partial charge < -0.3 is 15.7 Å². The van der Waals surface area contributed by atoms with E-state index in [-0.39, 0.29) is 24.6 Å². The van der Waals surface area contributed by atoms with E-state index in [1.54, 1.807) is 0 Å². The summed E-state index contributed by atoms with van der Waals surface area (Å²) >= 11 is 0. The zero-order valence-corrected chi connectivity index (χ0v) is 9.79. The summed E-state index contributed by atoms with van der Waals surface area (Å²) in [6.45, 7) is 5.96. The Bertz CT molecular complexity index is 215. The van der Waals surface area contributed by atoms with Gasteiger partial charge in [0.1, 0.15) is 0 Å². The van der Waals surface area contributed by atoms with Crippen LogP contribution in [0, 0.1) is 5.92 Å². The highest BCUT2D eigenvalue weighted by Gasteiger charge is 2.26. The number of carbonyl (C=O) groups excluding carboxylic acids is 1. The molecule has 0 aromatic heterocycles. The maximum Gasteiger partial charge on any atom is 0.237 e. The first-order chi connectivity index (χ1) is 7.04. The first kappa shape index (κ1) is 12.5. The van der Waals surface area contributed by atoms with Crippen LogP contribution in [0.15, 0.2) is 0 Å². The van der Waals surface area contributed by atoms with Crippen LogP contribution in [-0.2, 0) is 4.79 Å². The van der Waals surface area contributed by atoms with Crippen molar-refractivity contribution in [2.75, 3.05) is 6.61 Å². The molecule has 1 aliphatic rings. The number of aliphatic hydroxyl groups is 1. The van der Waals surface area contributed by atoms with E-state index in [0.717, 1.165) is 12.8 Å². The van der Waals surface area contributed by atoms with Gasteiger partial charge in [-0.3, -0.25) is 4.79 Å². The van der Waals surface area contributed by atoms with Gasteiger partial charge in [-0.05, 0) is 25.7 Å². The molecule has 0 spiro atoms. The Morgan fingerprint density at radius 2 is 2.00 bits per heavy atom. The number of amides is 1. The zero-order valence-electron chi connectivity index (χ0n) is 9.79. The summed E-state index contributed by atoms with van der Waals surface area (Å²) in [6.07, 6.45) is 2.21. The van der Waals surface area contributed by atoms with E-state index in [0.29, 0.717) is 12.0 Å². The number of aliphatic hydroxyl groups excluding tert-OH is 1. The zero-order chi connectivity index (χ0) is 11.4. The van der Waals surface area contributed by atoms with E-state index in [2.05, 4.69) is 10.6 Å². The molecule has 0 heterocycles. The van der Waals surface area contributed by atoms with Gasteiger partial charge in [0.2, 0.25) is 5.91 Å². The van der Waals surface area contributed by atoms with Crippen molar-refractivity contribution < 1.29 is 9.90 Å². The van der Waals surface area contributed by atoms with Crippen LogP contribution in [0.4, 0.5) is 0 Å². The van der Waals surface area contributed by atoms with Gasteiger partial charge in [-0.2, -0.15) is 0 Å². The predicted octanol–water partition coefficient (Wildman–Crippen LogP) is 0.260. The van der Waals surface area contributed by atoms with Crippen LogP contribution in [-0.4, -0.2) is 35.7 Å². The molecule has 1 saturated carbocycles. The van der Waals surface area contributed by atoms with Crippen molar-refractivity contribution in [3.63, 3.8) is 0 Å². The van der Waals surface area contributed by atoms with Gasteiger partial charge in [0, 0.05) is 12.1 Å². The molecule has 0 aliphatic heterocycles. The third-order valence-corrected chi connectivity index (χ3v) is 2.78. The number of nitrogens with one attached hydrogen (secondary N) is 2. The SMILES string of the molecule is CC(N[C@H](CO)C(C)C)C(=O)NC1CC1. The maximum absolute atomic E-state index is 11.6. The Morgan fingerprint density at radius 3 is 2.40 bits per heavy atom. The summed E-state index contributed by atoms with van der Waals surface area (Å²) in [6, 6.07) is 0.156. The van der Waals surface area contributed by atoms with Crippen molar-refractivity contribution in [1.82, 2.24) is 10.6 Å². The lowest BCUT2D eigenvalue weighted by molar-refractivity contribution is -0.123. The van der Waals surface area contributed by atoms with Crippen LogP contribution in [0.5, 0.6) is 0 Å². The van der Waals surface area contributed by atoms with E-state index in [1.165, 1.54) is 0 Å². The summed E-state index contributed by atoms with van der Waals surface area (Å²) in [7, 11) is 0. The van der Waals surface area contributed by atoms with Gasteiger partial charge in [0.15, 0.2) is 0 Å². The fourth-order valence-corrected chi connectivity index (χ4v) is 1.41. The Balaban J connectivity index is 2.31. The number of rotatable bonds is 6. The molecule has 1 rings (SSSR count). The second-order valence-electron chi connectivity index (χ2n) is 4.70. The molecular formula is C11H22N2O2. The summed E-state index contributed by atoms with van der Waals surface area (Å²) in [5.74, 6) is 0.364. The Morgan fingerprint density at radius 1 is 1.40 bits per heavy atom. The van der Waals surface area contributed by atoms with Crippen molar-refractivity contribution in [1.29, 1.82) is 0 Å². The van der Waals surface area contributed by atoms with E-state index < -0.39 is 0 Å². The van der Waals surface area contributed by atoms with Gasteiger partial charge in [-0.1, -0.05) is 13.8 Å². The summed E-state index contributed by atoms with van der Waals surface area (Å²) in [5.41, 5.74) is 0. The topological polar surface area (TPSA) is 61.4 Å². The molecule has 15 heavy (non-hydrogen) atoms. The number of carbonyl (C=O) groups is 1. The van der Waals surface area contributed by atoms with Gasteiger partial charge in [-0.15, -0.1) is 0 Å². The summed E-state index contributed by atoms with van der Waals surface area (Å²) in [4.78, 5) is 11.6. The largest absolute Gasteiger partial charge is 0.395 e. The number of hydrogen-bond acceptors (Lipinski definition) is 3. The minimum absolute atomic E-state index is 0.00930. The molecule has 3 N–H and O–H groups in total. The summed E-state index contributed by atoms with van der Waals surface area (Å²) < 4.78 is 0. The Labute approximate surface area is 91.4 Å². The van der Waals surface area contributed by atoms with Gasteiger partial charge in [0.05, 0.1) is 12.6 Å². The highest BCUT2D eigenvalue weighted by atomic mass is 16.3. The second kappa shape index (κ2) is 5.47. The molecule has 1 unspecified atom stereocenters. The molecule has 1 fully saturated rings. The van der Waals surface area contributed by atoms with E-state index in [9.17, 15) is 4.79 Å². The Hall–Kier alpha value is -0.610. The van der Waals surface area contributed by atoms with Crippen molar-refractivity contribution in [2.45, 2.75) is 51.7 Å². The molecule has 2 atom stereocenters. The maximum atomic E-state index is 11.6. The normalized spacial score (nSPS) is 20.1. The first-order valence-electron chi connectivity index (χ1n) is 5.72. The Kier molecular flexibility index (Phi) is 4.54. The molecule has 88 valence electrons. The minimum atomic E-state index is -0.231. The molecule has 0 aromatic rings. The van der Waals surface area contributed by atoms with Crippen LogP contribution in [0.25, 0.3) is 0 Å². The highest BCUT2D eigenvalue weighted by molar-refractivity contribution is 5.81. The predicted molar refractivity (Wildman–Crippen MR) is 59.5 cm³/mol. The summed E-state index contributed by atoms with van der Waals surface area (Å²) in [5, 5.41) is 15.2. The second-order valence-corrected chi connectivity index (χ2v) is 4.70. The molecule has 0 bridgehead atoms. The monoisotopic (exact) mass is 214 g/mol. The molecule has 4 nitrogen and oxygen atoms in total. The highest BCUT2D eigenvalue weighted by Crippen LogP contribution is 2.18. The quantitative estimate of drug-likeness (QED) is 0.594. The van der Waals surface area contributed by atoms with Crippen LogP contribution < -0.4 is 10.6 Å². The lowest BCUT2D eigenvalue weighted by atomic mass is 10.0. The van der Waals surface area contributed by atoms with Crippen molar-refractivity contribution >= 4 is 5.91 Å². The van der Waals surface area contributed by atoms with Crippen molar-refractivity contribution in [2.24, 2.45) is 5.92 Å². The molecule has 0 radical (unpaired) electrons. The van der Waals surface area contributed by atoms with Crippen LogP contribution >= 0.6 is 0 Å². The van der Waals surface area contributed by atoms with Gasteiger partial charge >= 0.3 is 0 Å². The van der Waals surface area contributed by atoms with Crippen LogP contribution in [0.2, 0.25) is 0 Å².